The van der Waals surface area contributed by atoms with Gasteiger partial charge in [0, 0.05) is 6.54 Å². The van der Waals surface area contributed by atoms with E-state index in [1.807, 2.05) is 30.3 Å². The second-order valence-corrected chi connectivity index (χ2v) is 6.00. The average Bonchev–Trinajstić information content (AvgIpc) is 3.08. The summed E-state index contributed by atoms with van der Waals surface area (Å²) in [6.45, 7) is 1.92. The van der Waals surface area contributed by atoms with E-state index in [9.17, 15) is 24.6 Å². The Labute approximate surface area is 145 Å². The highest BCUT2D eigenvalue weighted by atomic mass is 16.4. The first-order valence-electron chi connectivity index (χ1n) is 8.15. The van der Waals surface area contributed by atoms with Crippen LogP contribution in [0.2, 0.25) is 0 Å². The molecule has 7 heteroatoms. The Hall–Kier alpha value is -2.67. The van der Waals surface area contributed by atoms with Gasteiger partial charge in [-0.2, -0.15) is 0 Å². The number of carboxylic acid groups (broad SMARTS) is 2. The Morgan fingerprint density at radius 3 is 2.52 bits per heavy atom. The number of nitrogens with one attached hydrogen (secondary N) is 1. The van der Waals surface area contributed by atoms with Gasteiger partial charge in [-0.15, -0.1) is 0 Å². The largest absolute Gasteiger partial charge is 0.480 e. The highest BCUT2D eigenvalue weighted by Crippen LogP contribution is 2.18. The Balaban J connectivity index is 2.03. The van der Waals surface area contributed by atoms with E-state index in [1.165, 1.54) is 11.0 Å². The van der Waals surface area contributed by atoms with Gasteiger partial charge in [-0.1, -0.05) is 42.5 Å². The Morgan fingerprint density at radius 1 is 1.24 bits per heavy atom. The van der Waals surface area contributed by atoms with Gasteiger partial charge in [0.2, 0.25) is 5.91 Å². The van der Waals surface area contributed by atoms with Crippen molar-refractivity contribution < 1.29 is 24.6 Å². The monoisotopic (exact) mass is 346 g/mol. The number of hydrogen-bond donors (Lipinski definition) is 3. The van der Waals surface area contributed by atoms with E-state index in [0.717, 1.165) is 5.56 Å². The van der Waals surface area contributed by atoms with E-state index in [0.29, 0.717) is 19.4 Å². The molecule has 0 saturated carbocycles. The predicted octanol–water partition coefficient (Wildman–Crippen LogP) is 1.21. The van der Waals surface area contributed by atoms with Gasteiger partial charge in [-0.25, -0.2) is 4.79 Å². The minimum absolute atomic E-state index is 0.374. The Kier molecular flexibility index (Phi) is 6.30. The van der Waals surface area contributed by atoms with Crippen molar-refractivity contribution in [3.8, 4) is 0 Å². The fraction of sp³-hybridized carbons (Fsp3) is 0.389. The summed E-state index contributed by atoms with van der Waals surface area (Å²) in [6.07, 6.45) is 4.19. The molecule has 0 aliphatic carbocycles. The van der Waals surface area contributed by atoms with Crippen molar-refractivity contribution in [1.29, 1.82) is 0 Å². The highest BCUT2D eigenvalue weighted by molar-refractivity contribution is 5.88. The summed E-state index contributed by atoms with van der Waals surface area (Å²) in [5.74, 6) is -2.54. The van der Waals surface area contributed by atoms with Crippen molar-refractivity contribution >= 4 is 23.9 Å². The molecule has 1 aliphatic heterocycles. The molecule has 1 amide bonds. The van der Waals surface area contributed by atoms with E-state index in [-0.39, 0.29) is 0 Å². The average molecular weight is 346 g/mol. The topological polar surface area (TPSA) is 107 Å². The van der Waals surface area contributed by atoms with Gasteiger partial charge in [-0.05, 0) is 25.3 Å². The molecule has 134 valence electrons. The summed E-state index contributed by atoms with van der Waals surface area (Å²) in [5, 5.41) is 21.3. The van der Waals surface area contributed by atoms with Gasteiger partial charge < -0.3 is 15.1 Å². The third-order valence-corrected chi connectivity index (χ3v) is 4.17. The number of likely N-dealkylation sites (tertiary alicyclic amines) is 1. The van der Waals surface area contributed by atoms with E-state index in [1.54, 1.807) is 13.0 Å². The van der Waals surface area contributed by atoms with Crippen molar-refractivity contribution in [1.82, 2.24) is 10.2 Å². The Bertz CT molecular complexity index is 659. The maximum Gasteiger partial charge on any atom is 0.326 e. The van der Waals surface area contributed by atoms with Crippen molar-refractivity contribution in [2.24, 2.45) is 0 Å². The number of carboxylic acids is 2. The number of rotatable bonds is 7. The minimum atomic E-state index is -1.11. The van der Waals surface area contributed by atoms with Gasteiger partial charge in [0.25, 0.3) is 0 Å². The lowest BCUT2D eigenvalue weighted by molar-refractivity contribution is -0.149. The Morgan fingerprint density at radius 2 is 1.92 bits per heavy atom. The van der Waals surface area contributed by atoms with Crippen LogP contribution in [0.4, 0.5) is 0 Å². The third-order valence-electron chi connectivity index (χ3n) is 4.17. The fourth-order valence-electron chi connectivity index (χ4n) is 2.86. The first kappa shape index (κ1) is 18.7. The third kappa shape index (κ3) is 4.90. The van der Waals surface area contributed by atoms with Crippen LogP contribution in [0.3, 0.4) is 0 Å². The summed E-state index contributed by atoms with van der Waals surface area (Å²) < 4.78 is 0. The SMILES string of the molecule is C[C@H](NC(/C=C/c1ccccc1)C(=O)O)C(=O)N1CCC[C@H]1C(=O)O. The van der Waals surface area contributed by atoms with Crippen LogP contribution < -0.4 is 5.32 Å². The molecule has 1 aromatic carbocycles. The van der Waals surface area contributed by atoms with E-state index >= 15 is 0 Å². The molecule has 25 heavy (non-hydrogen) atoms. The number of carbonyl (C=O) groups is 3. The molecule has 0 bridgehead atoms. The van der Waals surface area contributed by atoms with Crippen LogP contribution in [0, 0.1) is 0 Å². The summed E-state index contributed by atoms with van der Waals surface area (Å²) in [7, 11) is 0. The molecular weight excluding hydrogens is 324 g/mol. The van der Waals surface area contributed by atoms with Crippen molar-refractivity contribution in [2.45, 2.75) is 37.9 Å². The normalized spacial score (nSPS) is 19.7. The zero-order chi connectivity index (χ0) is 18.4. The van der Waals surface area contributed by atoms with Crippen molar-refractivity contribution in [3.63, 3.8) is 0 Å². The number of carbonyl (C=O) groups excluding carboxylic acids is 1. The van der Waals surface area contributed by atoms with E-state index in [4.69, 9.17) is 0 Å². The maximum absolute atomic E-state index is 12.5. The summed E-state index contributed by atoms with van der Waals surface area (Å²) in [5.41, 5.74) is 0.847. The van der Waals surface area contributed by atoms with Crippen LogP contribution in [0.25, 0.3) is 6.08 Å². The lowest BCUT2D eigenvalue weighted by Gasteiger charge is -2.26. The van der Waals surface area contributed by atoms with Crippen LogP contribution in [0.1, 0.15) is 25.3 Å². The van der Waals surface area contributed by atoms with Crippen molar-refractivity contribution in [2.75, 3.05) is 6.54 Å². The second kappa shape index (κ2) is 8.43. The number of benzene rings is 1. The smallest absolute Gasteiger partial charge is 0.326 e. The molecule has 1 fully saturated rings. The molecule has 0 spiro atoms. The fourth-order valence-corrected chi connectivity index (χ4v) is 2.86. The number of aliphatic carboxylic acids is 2. The molecule has 3 N–H and O–H groups in total. The number of hydrogen-bond acceptors (Lipinski definition) is 4. The van der Waals surface area contributed by atoms with Crippen LogP contribution in [-0.2, 0) is 14.4 Å². The lowest BCUT2D eigenvalue weighted by Crippen LogP contribution is -2.52. The first-order valence-corrected chi connectivity index (χ1v) is 8.15. The summed E-state index contributed by atoms with van der Waals surface area (Å²) in [4.78, 5) is 36.4. The zero-order valence-corrected chi connectivity index (χ0v) is 14.0. The van der Waals surface area contributed by atoms with E-state index < -0.39 is 36.0 Å². The molecular formula is C18H22N2O5. The van der Waals surface area contributed by atoms with Crippen LogP contribution in [0.5, 0.6) is 0 Å². The van der Waals surface area contributed by atoms with Crippen LogP contribution >= 0.6 is 0 Å². The summed E-state index contributed by atoms with van der Waals surface area (Å²) >= 11 is 0. The van der Waals surface area contributed by atoms with Gasteiger partial charge in [-0.3, -0.25) is 14.9 Å². The molecule has 1 unspecified atom stereocenters. The predicted molar refractivity (Wildman–Crippen MR) is 91.9 cm³/mol. The highest BCUT2D eigenvalue weighted by Gasteiger charge is 2.36. The number of nitrogens with zero attached hydrogens (tertiary/aromatic N) is 1. The molecule has 7 nitrogen and oxygen atoms in total. The first-order chi connectivity index (χ1) is 11.9. The number of amides is 1. The zero-order valence-electron chi connectivity index (χ0n) is 14.0. The maximum atomic E-state index is 12.5. The molecule has 1 heterocycles. The van der Waals surface area contributed by atoms with Crippen molar-refractivity contribution in [3.05, 3.63) is 42.0 Å². The van der Waals surface area contributed by atoms with Gasteiger partial charge in [0.05, 0.1) is 6.04 Å². The van der Waals surface area contributed by atoms with Gasteiger partial charge >= 0.3 is 11.9 Å². The standard InChI is InChI=1S/C18H22N2O5/c1-12(16(21)20-11-5-8-15(20)18(24)25)19-14(17(22)23)10-9-13-6-3-2-4-7-13/h2-4,6-7,9-10,12,14-15,19H,5,8,11H2,1H3,(H,22,23)(H,24,25)/b10-9+/t12-,14?,15-/m0/s1. The molecule has 2 rings (SSSR count). The minimum Gasteiger partial charge on any atom is -0.480 e. The van der Waals surface area contributed by atoms with E-state index in [2.05, 4.69) is 5.32 Å². The van der Waals surface area contributed by atoms with Crippen LogP contribution in [0.15, 0.2) is 36.4 Å². The summed E-state index contributed by atoms with van der Waals surface area (Å²) in [6, 6.07) is 6.53. The lowest BCUT2D eigenvalue weighted by atomic mass is 10.1. The molecule has 1 aliphatic rings. The quantitative estimate of drug-likeness (QED) is 0.685. The molecule has 1 aromatic rings. The van der Waals surface area contributed by atoms with Gasteiger partial charge in [0.1, 0.15) is 12.1 Å². The molecule has 0 aromatic heterocycles. The molecule has 3 atom stereocenters. The molecule has 1 saturated heterocycles. The van der Waals surface area contributed by atoms with Gasteiger partial charge in [0.15, 0.2) is 0 Å². The van der Waals surface area contributed by atoms with Crippen LogP contribution in [-0.4, -0.2) is 57.6 Å². The molecule has 0 radical (unpaired) electrons. The second-order valence-electron chi connectivity index (χ2n) is 6.00.